The van der Waals surface area contributed by atoms with Crippen molar-refractivity contribution in [1.82, 2.24) is 4.98 Å². The van der Waals surface area contributed by atoms with E-state index >= 15 is 0 Å². The molecule has 0 radical (unpaired) electrons. The summed E-state index contributed by atoms with van der Waals surface area (Å²) in [5, 5.41) is 0. The minimum Gasteiger partial charge on any atom is -0.462 e. The third kappa shape index (κ3) is 3.00. The van der Waals surface area contributed by atoms with Crippen LogP contribution in [-0.4, -0.2) is 17.6 Å². The zero-order valence-electron chi connectivity index (χ0n) is 12.4. The van der Waals surface area contributed by atoms with Gasteiger partial charge in [-0.2, -0.15) is 0 Å². The van der Waals surface area contributed by atoms with Crippen LogP contribution < -0.4 is 0 Å². The van der Waals surface area contributed by atoms with Gasteiger partial charge in [-0.15, -0.1) is 11.3 Å². The summed E-state index contributed by atoms with van der Waals surface area (Å²) in [6, 6.07) is 8.08. The number of carbonyl (C=O) groups excluding carboxylic acids is 1. The van der Waals surface area contributed by atoms with Crippen LogP contribution in [0.5, 0.6) is 0 Å². The fourth-order valence-electron chi connectivity index (χ4n) is 2.37. The molecule has 3 nitrogen and oxygen atoms in total. The highest BCUT2D eigenvalue weighted by Crippen LogP contribution is 2.42. The molecule has 0 bridgehead atoms. The van der Waals surface area contributed by atoms with Crippen LogP contribution in [-0.2, 0) is 11.2 Å². The number of rotatable bonds is 5. The maximum atomic E-state index is 12.0. The lowest BCUT2D eigenvalue weighted by Gasteiger charge is -2.09. The van der Waals surface area contributed by atoms with E-state index in [4.69, 9.17) is 9.72 Å². The van der Waals surface area contributed by atoms with Gasteiger partial charge in [0, 0.05) is 10.8 Å². The number of thiophene rings is 1. The number of pyridine rings is 1. The van der Waals surface area contributed by atoms with E-state index in [2.05, 4.69) is 19.1 Å². The second-order valence-electron chi connectivity index (χ2n) is 5.24. The van der Waals surface area contributed by atoms with Crippen molar-refractivity contribution in [3.63, 3.8) is 0 Å². The summed E-state index contributed by atoms with van der Waals surface area (Å²) >= 11 is 1.77. The Kier molecular flexibility index (Phi) is 4.06. The van der Waals surface area contributed by atoms with Gasteiger partial charge >= 0.3 is 5.97 Å². The summed E-state index contributed by atoms with van der Waals surface area (Å²) in [6.45, 7) is 4.38. The Balaban J connectivity index is 1.97. The summed E-state index contributed by atoms with van der Waals surface area (Å²) in [5.74, 6) is 0.175. The molecule has 2 aromatic rings. The molecule has 21 heavy (non-hydrogen) atoms. The van der Waals surface area contributed by atoms with Crippen LogP contribution in [0.1, 0.15) is 53.5 Å². The quantitative estimate of drug-likeness (QED) is 0.767. The van der Waals surface area contributed by atoms with E-state index < -0.39 is 0 Å². The van der Waals surface area contributed by atoms with E-state index in [-0.39, 0.29) is 5.97 Å². The van der Waals surface area contributed by atoms with Crippen LogP contribution in [0, 0.1) is 0 Å². The molecule has 110 valence electrons. The van der Waals surface area contributed by atoms with Crippen LogP contribution in [0.15, 0.2) is 24.3 Å². The molecule has 0 atom stereocenters. The maximum absolute atomic E-state index is 12.0. The molecule has 0 amide bonds. The summed E-state index contributed by atoms with van der Waals surface area (Å²) in [4.78, 5) is 19.3. The average molecular weight is 301 g/mol. The van der Waals surface area contributed by atoms with Gasteiger partial charge in [-0.05, 0) is 50.5 Å². The van der Waals surface area contributed by atoms with Crippen LogP contribution in [0.3, 0.4) is 0 Å². The predicted molar refractivity (Wildman–Crippen MR) is 84.9 cm³/mol. The summed E-state index contributed by atoms with van der Waals surface area (Å²) in [5.41, 5.74) is 2.52. The number of carbonyl (C=O) groups is 1. The number of aryl methyl sites for hydroxylation is 1. The largest absolute Gasteiger partial charge is 0.462 e. The summed E-state index contributed by atoms with van der Waals surface area (Å²) < 4.78 is 5.14. The molecule has 0 unspecified atom stereocenters. The van der Waals surface area contributed by atoms with Gasteiger partial charge in [0.15, 0.2) is 0 Å². The highest BCUT2D eigenvalue weighted by Gasteiger charge is 2.30. The van der Waals surface area contributed by atoms with Gasteiger partial charge in [0.1, 0.15) is 0 Å². The Morgan fingerprint density at radius 3 is 2.71 bits per heavy atom. The van der Waals surface area contributed by atoms with Gasteiger partial charge in [0.25, 0.3) is 0 Å². The lowest BCUT2D eigenvalue weighted by molar-refractivity contribution is 0.0524. The molecule has 0 saturated heterocycles. The monoisotopic (exact) mass is 301 g/mol. The van der Waals surface area contributed by atoms with Crippen LogP contribution in [0.4, 0.5) is 0 Å². The van der Waals surface area contributed by atoms with Gasteiger partial charge in [0.05, 0.1) is 28.4 Å². The van der Waals surface area contributed by atoms with E-state index in [0.717, 1.165) is 30.7 Å². The van der Waals surface area contributed by atoms with E-state index in [1.165, 1.54) is 9.75 Å². The lowest BCUT2D eigenvalue weighted by atomic mass is 10.1. The first-order valence-electron chi connectivity index (χ1n) is 7.50. The first-order valence-corrected chi connectivity index (χ1v) is 8.31. The molecule has 0 N–H and O–H groups in total. The first-order chi connectivity index (χ1) is 10.2. The normalized spacial score (nSPS) is 14.2. The van der Waals surface area contributed by atoms with Crippen molar-refractivity contribution < 1.29 is 9.53 Å². The van der Waals surface area contributed by atoms with E-state index in [0.29, 0.717) is 18.1 Å². The van der Waals surface area contributed by atoms with Crippen molar-refractivity contribution in [2.24, 2.45) is 0 Å². The number of ether oxygens (including phenoxy) is 1. The van der Waals surface area contributed by atoms with Crippen molar-refractivity contribution in [2.45, 2.75) is 39.0 Å². The predicted octanol–water partition coefficient (Wildman–Crippen LogP) is 4.43. The highest BCUT2D eigenvalue weighted by molar-refractivity contribution is 7.15. The third-order valence-electron chi connectivity index (χ3n) is 3.65. The molecule has 1 fully saturated rings. The molecular weight excluding hydrogens is 282 g/mol. The fourth-order valence-corrected chi connectivity index (χ4v) is 3.28. The molecule has 3 rings (SSSR count). The molecule has 2 aromatic heterocycles. The van der Waals surface area contributed by atoms with Crippen LogP contribution >= 0.6 is 11.3 Å². The standard InChI is InChI=1S/C17H19NO2S/c1-3-12-7-10-15(21-12)14-9-8-13(17(19)20-4-2)16(18-14)11-5-6-11/h7-11H,3-6H2,1-2H3. The third-order valence-corrected chi connectivity index (χ3v) is 4.90. The van der Waals surface area contributed by atoms with Crippen LogP contribution in [0.25, 0.3) is 10.6 Å². The zero-order chi connectivity index (χ0) is 14.8. The van der Waals surface area contributed by atoms with E-state index in [1.54, 1.807) is 11.3 Å². The first kappa shape index (κ1) is 14.3. The molecule has 0 aromatic carbocycles. The minimum atomic E-state index is -0.251. The van der Waals surface area contributed by atoms with Crippen molar-refractivity contribution in [3.8, 4) is 10.6 Å². The molecule has 1 aliphatic carbocycles. The SMILES string of the molecule is CCOC(=O)c1ccc(-c2ccc(CC)s2)nc1C1CC1. The molecule has 4 heteroatoms. The Morgan fingerprint density at radius 2 is 2.10 bits per heavy atom. The Hall–Kier alpha value is -1.68. The maximum Gasteiger partial charge on any atom is 0.339 e. The second kappa shape index (κ2) is 5.98. The summed E-state index contributed by atoms with van der Waals surface area (Å²) in [7, 11) is 0. The fraction of sp³-hybridized carbons (Fsp3) is 0.412. The number of hydrogen-bond donors (Lipinski definition) is 0. The van der Waals surface area contributed by atoms with Crippen molar-refractivity contribution in [3.05, 3.63) is 40.4 Å². The minimum absolute atomic E-state index is 0.251. The van der Waals surface area contributed by atoms with E-state index in [9.17, 15) is 4.79 Å². The molecular formula is C17H19NO2S. The second-order valence-corrected chi connectivity index (χ2v) is 6.41. The van der Waals surface area contributed by atoms with Gasteiger partial charge < -0.3 is 4.74 Å². The Morgan fingerprint density at radius 1 is 1.29 bits per heavy atom. The Bertz CT molecular complexity index is 659. The van der Waals surface area contributed by atoms with Crippen molar-refractivity contribution >= 4 is 17.3 Å². The average Bonchev–Trinajstić information content (AvgIpc) is 3.24. The van der Waals surface area contributed by atoms with E-state index in [1.807, 2.05) is 19.1 Å². The molecule has 1 saturated carbocycles. The molecule has 0 spiro atoms. The van der Waals surface area contributed by atoms with Crippen molar-refractivity contribution in [1.29, 1.82) is 0 Å². The number of nitrogens with zero attached hydrogens (tertiary/aromatic N) is 1. The number of esters is 1. The van der Waals surface area contributed by atoms with Crippen LogP contribution in [0.2, 0.25) is 0 Å². The topological polar surface area (TPSA) is 39.2 Å². The smallest absolute Gasteiger partial charge is 0.339 e. The lowest BCUT2D eigenvalue weighted by Crippen LogP contribution is -2.09. The van der Waals surface area contributed by atoms with Crippen molar-refractivity contribution in [2.75, 3.05) is 6.61 Å². The van der Waals surface area contributed by atoms with Gasteiger partial charge in [0.2, 0.25) is 0 Å². The molecule has 2 heterocycles. The van der Waals surface area contributed by atoms with Gasteiger partial charge in [-0.1, -0.05) is 6.92 Å². The number of hydrogen-bond acceptors (Lipinski definition) is 4. The molecule has 1 aliphatic rings. The highest BCUT2D eigenvalue weighted by atomic mass is 32.1. The van der Waals surface area contributed by atoms with Gasteiger partial charge in [-0.3, -0.25) is 4.98 Å². The number of aromatic nitrogens is 1. The van der Waals surface area contributed by atoms with Gasteiger partial charge in [-0.25, -0.2) is 4.79 Å². The molecule has 0 aliphatic heterocycles. The zero-order valence-corrected chi connectivity index (χ0v) is 13.2. The Labute approximate surface area is 129 Å². The summed E-state index contributed by atoms with van der Waals surface area (Å²) in [6.07, 6.45) is 3.28.